The summed E-state index contributed by atoms with van der Waals surface area (Å²) in [6.45, 7) is 9.13. The van der Waals surface area contributed by atoms with E-state index in [9.17, 15) is 9.59 Å². The summed E-state index contributed by atoms with van der Waals surface area (Å²) in [7, 11) is 1.63. The first-order chi connectivity index (χ1) is 9.81. The predicted molar refractivity (Wildman–Crippen MR) is 80.8 cm³/mol. The van der Waals surface area contributed by atoms with Crippen LogP contribution in [-0.2, 0) is 14.3 Å². The third-order valence-electron chi connectivity index (χ3n) is 4.62. The van der Waals surface area contributed by atoms with Gasteiger partial charge in [0.1, 0.15) is 12.1 Å². The van der Waals surface area contributed by atoms with Crippen LogP contribution >= 0.6 is 0 Å². The van der Waals surface area contributed by atoms with Crippen molar-refractivity contribution in [3.05, 3.63) is 0 Å². The van der Waals surface area contributed by atoms with E-state index >= 15 is 0 Å². The number of methoxy groups -OCH3 is 1. The second-order valence-corrected chi connectivity index (χ2v) is 7.19. The molecule has 0 radical (unpaired) electrons. The van der Waals surface area contributed by atoms with Crippen LogP contribution in [0.3, 0.4) is 0 Å². The summed E-state index contributed by atoms with van der Waals surface area (Å²) in [5.41, 5.74) is -0.472. The summed E-state index contributed by atoms with van der Waals surface area (Å²) in [6, 6.07) is -0.644. The molecule has 120 valence electrons. The molecule has 2 aliphatic rings. The Morgan fingerprint density at radius 1 is 1.24 bits per heavy atom. The number of piperidine rings is 1. The lowest BCUT2D eigenvalue weighted by Gasteiger charge is -2.53. The van der Waals surface area contributed by atoms with Crippen LogP contribution in [0.5, 0.6) is 0 Å². The third kappa shape index (κ3) is 2.80. The topological polar surface area (TPSA) is 49.9 Å². The van der Waals surface area contributed by atoms with Gasteiger partial charge in [0.25, 0.3) is 0 Å². The van der Waals surface area contributed by atoms with Gasteiger partial charge in [0.05, 0.1) is 12.1 Å². The highest BCUT2D eigenvalue weighted by molar-refractivity contribution is 5.97. The Morgan fingerprint density at radius 3 is 2.48 bits per heavy atom. The zero-order valence-electron chi connectivity index (χ0n) is 13.9. The molecule has 0 spiro atoms. The number of carbonyl (C=O) groups is 2. The SMILES string of the molecule is COCC(C)(C)N1C(=O)C2CCCCN2C(=O)C1C(C)C. The quantitative estimate of drug-likeness (QED) is 0.793. The van der Waals surface area contributed by atoms with Gasteiger partial charge in [-0.2, -0.15) is 0 Å². The van der Waals surface area contributed by atoms with Gasteiger partial charge in [-0.3, -0.25) is 9.59 Å². The van der Waals surface area contributed by atoms with Gasteiger partial charge in [-0.05, 0) is 39.0 Å². The summed E-state index contributed by atoms with van der Waals surface area (Å²) in [5.74, 6) is 0.300. The normalized spacial score (nSPS) is 27.3. The molecule has 2 aliphatic heterocycles. The molecular weight excluding hydrogens is 268 g/mol. The molecule has 21 heavy (non-hydrogen) atoms. The number of rotatable bonds is 4. The van der Waals surface area contributed by atoms with Crippen molar-refractivity contribution in [3.8, 4) is 0 Å². The average molecular weight is 296 g/mol. The van der Waals surface area contributed by atoms with Crippen molar-refractivity contribution in [3.63, 3.8) is 0 Å². The van der Waals surface area contributed by atoms with Gasteiger partial charge >= 0.3 is 0 Å². The van der Waals surface area contributed by atoms with Gasteiger partial charge in [0, 0.05) is 13.7 Å². The Kier molecular flexibility index (Phi) is 4.61. The van der Waals surface area contributed by atoms with Crippen molar-refractivity contribution in [2.24, 2.45) is 5.92 Å². The molecular formula is C16H28N2O3. The average Bonchev–Trinajstić information content (AvgIpc) is 2.41. The highest BCUT2D eigenvalue weighted by Gasteiger charge is 2.51. The van der Waals surface area contributed by atoms with Crippen LogP contribution in [0.2, 0.25) is 0 Å². The number of carbonyl (C=O) groups excluding carboxylic acids is 2. The molecule has 2 amide bonds. The van der Waals surface area contributed by atoms with Gasteiger partial charge in [0.15, 0.2) is 0 Å². The van der Waals surface area contributed by atoms with Crippen LogP contribution in [0.1, 0.15) is 47.0 Å². The number of fused-ring (bicyclic) bond motifs is 1. The zero-order valence-corrected chi connectivity index (χ0v) is 13.9. The molecule has 2 saturated heterocycles. The van der Waals surface area contributed by atoms with E-state index in [4.69, 9.17) is 4.74 Å². The number of ether oxygens (including phenoxy) is 1. The smallest absolute Gasteiger partial charge is 0.246 e. The number of hydrogen-bond acceptors (Lipinski definition) is 3. The molecule has 5 nitrogen and oxygen atoms in total. The molecule has 2 heterocycles. The lowest BCUT2D eigenvalue weighted by molar-refractivity contribution is -0.174. The second kappa shape index (κ2) is 5.95. The van der Waals surface area contributed by atoms with Crippen LogP contribution in [0, 0.1) is 5.92 Å². The van der Waals surface area contributed by atoms with Crippen LogP contribution in [0.4, 0.5) is 0 Å². The van der Waals surface area contributed by atoms with Crippen molar-refractivity contribution in [1.29, 1.82) is 0 Å². The maximum Gasteiger partial charge on any atom is 0.246 e. The summed E-state index contributed by atoms with van der Waals surface area (Å²) in [6.07, 6.45) is 2.81. The molecule has 0 aromatic carbocycles. The Labute approximate surface area is 127 Å². The predicted octanol–water partition coefficient (Wildman–Crippen LogP) is 1.66. The van der Waals surface area contributed by atoms with E-state index in [2.05, 4.69) is 0 Å². The highest BCUT2D eigenvalue weighted by Crippen LogP contribution is 2.33. The molecule has 0 saturated carbocycles. The Hall–Kier alpha value is -1.10. The number of piperazine rings is 1. The Bertz CT molecular complexity index is 420. The van der Waals surface area contributed by atoms with E-state index in [0.29, 0.717) is 6.61 Å². The van der Waals surface area contributed by atoms with Crippen molar-refractivity contribution >= 4 is 11.8 Å². The molecule has 2 rings (SSSR count). The second-order valence-electron chi connectivity index (χ2n) is 7.19. The van der Waals surface area contributed by atoms with E-state index < -0.39 is 5.54 Å². The molecule has 5 heteroatoms. The molecule has 0 aliphatic carbocycles. The van der Waals surface area contributed by atoms with Gasteiger partial charge < -0.3 is 14.5 Å². The largest absolute Gasteiger partial charge is 0.382 e. The molecule has 2 atom stereocenters. The summed E-state index contributed by atoms with van der Waals surface area (Å²) >= 11 is 0. The van der Waals surface area contributed by atoms with Gasteiger partial charge in [-0.15, -0.1) is 0 Å². The zero-order chi connectivity index (χ0) is 15.8. The van der Waals surface area contributed by atoms with E-state index in [0.717, 1.165) is 25.8 Å². The van der Waals surface area contributed by atoms with E-state index in [1.807, 2.05) is 32.6 Å². The lowest BCUT2D eigenvalue weighted by atomic mass is 9.86. The summed E-state index contributed by atoms with van der Waals surface area (Å²) in [4.78, 5) is 29.5. The minimum Gasteiger partial charge on any atom is -0.382 e. The number of hydrogen-bond donors (Lipinski definition) is 0. The van der Waals surface area contributed by atoms with Crippen molar-refractivity contribution in [2.75, 3.05) is 20.3 Å². The molecule has 0 aromatic rings. The molecule has 0 N–H and O–H groups in total. The fraction of sp³-hybridized carbons (Fsp3) is 0.875. The molecule has 0 aromatic heterocycles. The van der Waals surface area contributed by atoms with Crippen LogP contribution in [-0.4, -0.2) is 59.5 Å². The van der Waals surface area contributed by atoms with Crippen LogP contribution in [0.25, 0.3) is 0 Å². The first-order valence-corrected chi connectivity index (χ1v) is 7.94. The monoisotopic (exact) mass is 296 g/mol. The van der Waals surface area contributed by atoms with Crippen LogP contribution < -0.4 is 0 Å². The third-order valence-corrected chi connectivity index (χ3v) is 4.62. The van der Waals surface area contributed by atoms with Crippen molar-refractivity contribution in [2.45, 2.75) is 64.6 Å². The van der Waals surface area contributed by atoms with Gasteiger partial charge in [-0.25, -0.2) is 0 Å². The van der Waals surface area contributed by atoms with Crippen molar-refractivity contribution in [1.82, 2.24) is 9.80 Å². The maximum absolute atomic E-state index is 13.0. The minimum atomic E-state index is -0.472. The van der Waals surface area contributed by atoms with Gasteiger partial charge in [-0.1, -0.05) is 13.8 Å². The summed E-state index contributed by atoms with van der Waals surface area (Å²) in [5, 5.41) is 0. The van der Waals surface area contributed by atoms with Crippen molar-refractivity contribution < 1.29 is 14.3 Å². The molecule has 2 unspecified atom stereocenters. The molecule has 0 bridgehead atoms. The fourth-order valence-electron chi connectivity index (χ4n) is 3.71. The lowest BCUT2D eigenvalue weighted by Crippen LogP contribution is -2.71. The van der Waals surface area contributed by atoms with Crippen LogP contribution in [0.15, 0.2) is 0 Å². The Morgan fingerprint density at radius 2 is 1.90 bits per heavy atom. The maximum atomic E-state index is 13.0. The van der Waals surface area contributed by atoms with Gasteiger partial charge in [0.2, 0.25) is 11.8 Å². The summed E-state index contributed by atoms with van der Waals surface area (Å²) < 4.78 is 5.29. The first-order valence-electron chi connectivity index (χ1n) is 7.94. The number of nitrogens with zero attached hydrogens (tertiary/aromatic N) is 2. The highest BCUT2D eigenvalue weighted by atomic mass is 16.5. The molecule has 2 fully saturated rings. The van der Waals surface area contributed by atoms with E-state index in [1.165, 1.54) is 0 Å². The van der Waals surface area contributed by atoms with E-state index in [-0.39, 0.29) is 29.8 Å². The standard InChI is InChI=1S/C16H28N2O3/c1-11(2)13-15(20)17-9-7-6-8-12(17)14(19)18(13)16(3,4)10-21-5/h11-13H,6-10H2,1-5H3. The first kappa shape index (κ1) is 16.3. The number of amides is 2. The fourth-order valence-corrected chi connectivity index (χ4v) is 3.71. The Balaban J connectivity index is 2.39. The van der Waals surface area contributed by atoms with E-state index in [1.54, 1.807) is 12.0 Å². The minimum absolute atomic E-state index is 0.0926.